The van der Waals surface area contributed by atoms with Gasteiger partial charge in [0.15, 0.2) is 34.5 Å². The molecule has 39 heavy (non-hydrogen) atoms. The van der Waals surface area contributed by atoms with Crippen molar-refractivity contribution < 1.29 is 33.2 Å². The van der Waals surface area contributed by atoms with E-state index in [-0.39, 0.29) is 38.4 Å². The van der Waals surface area contributed by atoms with Crippen molar-refractivity contribution in [1.29, 1.82) is 0 Å². The number of carbonyl (C=O) groups is 1. The Balaban J connectivity index is 1.17. The summed E-state index contributed by atoms with van der Waals surface area (Å²) in [6.45, 7) is 6.71. The first kappa shape index (κ1) is 24.0. The first-order chi connectivity index (χ1) is 19.1. The molecule has 0 aliphatic carbocycles. The van der Waals surface area contributed by atoms with Crippen LogP contribution in [0.15, 0.2) is 54.6 Å². The van der Waals surface area contributed by atoms with Crippen LogP contribution in [0.1, 0.15) is 16.7 Å². The smallest absolute Gasteiger partial charge is 0.231 e. The second-order valence-corrected chi connectivity index (χ2v) is 10.3. The summed E-state index contributed by atoms with van der Waals surface area (Å²) in [5.41, 5.74) is 3.31. The average Bonchev–Trinajstić information content (AvgIpc) is 3.68. The van der Waals surface area contributed by atoms with Gasteiger partial charge in [0.05, 0.1) is 0 Å². The minimum atomic E-state index is -0.172. The number of ether oxygens (including phenoxy) is 6. The highest BCUT2D eigenvalue weighted by molar-refractivity contribution is 5.81. The minimum absolute atomic E-state index is 0.0721. The number of hydrogen-bond acceptors (Lipinski definition) is 8. The molecule has 1 amide bonds. The molecule has 0 N–H and O–H groups in total. The number of nitrogens with zero attached hydrogens (tertiary/aromatic N) is 2. The van der Waals surface area contributed by atoms with Gasteiger partial charge in [-0.3, -0.25) is 9.69 Å². The zero-order valence-corrected chi connectivity index (χ0v) is 21.5. The lowest BCUT2D eigenvalue weighted by Crippen LogP contribution is -2.61. The molecule has 0 bridgehead atoms. The normalized spacial score (nSPS) is 20.9. The van der Waals surface area contributed by atoms with Gasteiger partial charge in [-0.1, -0.05) is 18.2 Å². The van der Waals surface area contributed by atoms with Gasteiger partial charge in [0.1, 0.15) is 0 Å². The second kappa shape index (κ2) is 9.89. The van der Waals surface area contributed by atoms with Crippen molar-refractivity contribution >= 4 is 5.91 Å². The van der Waals surface area contributed by atoms with Crippen LogP contribution in [0.5, 0.6) is 34.5 Å². The Morgan fingerprint density at radius 3 is 1.51 bits per heavy atom. The zero-order valence-electron chi connectivity index (χ0n) is 21.5. The predicted octanol–water partition coefficient (Wildman–Crippen LogP) is 3.57. The van der Waals surface area contributed by atoms with Gasteiger partial charge in [-0.15, -0.1) is 0 Å². The topological polar surface area (TPSA) is 78.9 Å². The first-order valence-electron chi connectivity index (χ1n) is 13.1. The molecule has 1 fully saturated rings. The molecule has 0 aromatic heterocycles. The Kier molecular flexibility index (Phi) is 6.08. The molecule has 7 rings (SSSR count). The van der Waals surface area contributed by atoms with E-state index in [4.69, 9.17) is 28.4 Å². The third kappa shape index (κ3) is 4.78. The summed E-state index contributed by atoms with van der Waals surface area (Å²) in [4.78, 5) is 17.4. The molecule has 9 nitrogen and oxygen atoms in total. The fraction of sp³-hybridized carbons (Fsp3) is 0.333. The summed E-state index contributed by atoms with van der Waals surface area (Å²) in [5, 5.41) is 0. The van der Waals surface area contributed by atoms with Crippen LogP contribution in [0.4, 0.5) is 0 Å². The number of fused-ring (bicyclic) bond motifs is 3. The number of benzene rings is 3. The number of rotatable bonds is 6. The quantitative estimate of drug-likeness (QED) is 0.480. The lowest BCUT2D eigenvalue weighted by Gasteiger charge is -2.47. The van der Waals surface area contributed by atoms with Crippen molar-refractivity contribution in [2.24, 2.45) is 0 Å². The number of piperazine rings is 1. The predicted molar refractivity (Wildman–Crippen MR) is 140 cm³/mol. The SMILES string of the molecule is [CH2]C(=O)N1C(Cc2ccc3c(c2)OCO3)CN(Cc2ccc3c(c2)OCO3)CC1Cc1ccc2c(c1)OCO2. The van der Waals surface area contributed by atoms with Crippen LogP contribution in [-0.2, 0) is 24.2 Å². The summed E-state index contributed by atoms with van der Waals surface area (Å²) >= 11 is 0. The Bertz CT molecular complexity index is 1340. The molecule has 1 radical (unpaired) electrons. The molecule has 0 saturated carbocycles. The molecule has 3 aromatic rings. The minimum Gasteiger partial charge on any atom is -0.454 e. The van der Waals surface area contributed by atoms with Crippen molar-refractivity contribution in [1.82, 2.24) is 9.80 Å². The number of hydrogen-bond donors (Lipinski definition) is 0. The standard InChI is InChI=1S/C30H29N2O7/c1-19(33)32-23(8-20-2-5-25-28(10-20)37-16-34-25)14-31(13-22-4-7-27-30(12-22)39-18-36-27)15-24(32)9-21-3-6-26-29(11-21)38-17-35-26/h2-7,10-12,23-24H,1,8-9,13-18H2. The molecule has 9 heteroatoms. The van der Waals surface area contributed by atoms with E-state index in [0.29, 0.717) is 25.9 Å². The lowest BCUT2D eigenvalue weighted by atomic mass is 9.94. The van der Waals surface area contributed by atoms with Crippen LogP contribution >= 0.6 is 0 Å². The fourth-order valence-corrected chi connectivity index (χ4v) is 5.98. The third-order valence-corrected chi connectivity index (χ3v) is 7.67. The van der Waals surface area contributed by atoms with Crippen LogP contribution in [0, 0.1) is 6.92 Å². The zero-order chi connectivity index (χ0) is 26.3. The summed E-state index contributed by atoms with van der Waals surface area (Å²) < 4.78 is 33.3. The van der Waals surface area contributed by atoms with E-state index in [9.17, 15) is 4.79 Å². The highest BCUT2D eigenvalue weighted by Crippen LogP contribution is 2.36. The van der Waals surface area contributed by atoms with Gasteiger partial charge < -0.3 is 33.3 Å². The van der Waals surface area contributed by atoms with Gasteiger partial charge in [-0.05, 0) is 65.9 Å². The molecule has 2 unspecified atom stereocenters. The fourth-order valence-electron chi connectivity index (χ4n) is 5.98. The number of carbonyl (C=O) groups excluding carboxylic acids is 1. The summed E-state index contributed by atoms with van der Waals surface area (Å²) in [5.74, 6) is 4.35. The van der Waals surface area contributed by atoms with Gasteiger partial charge in [-0.2, -0.15) is 0 Å². The van der Waals surface area contributed by atoms with Crippen LogP contribution in [0.3, 0.4) is 0 Å². The molecule has 4 aliphatic rings. The van der Waals surface area contributed by atoms with Gasteiger partial charge in [0.2, 0.25) is 26.3 Å². The van der Waals surface area contributed by atoms with E-state index in [0.717, 1.165) is 57.7 Å². The van der Waals surface area contributed by atoms with E-state index in [1.54, 1.807) is 0 Å². The molecular formula is C30H29N2O7. The maximum atomic E-state index is 13.0. The van der Waals surface area contributed by atoms with Crippen LogP contribution in [0.2, 0.25) is 0 Å². The van der Waals surface area contributed by atoms with E-state index < -0.39 is 0 Å². The third-order valence-electron chi connectivity index (χ3n) is 7.67. The molecule has 201 valence electrons. The Labute approximate surface area is 226 Å². The number of amides is 1. The molecule has 4 heterocycles. The van der Waals surface area contributed by atoms with Crippen molar-refractivity contribution in [2.75, 3.05) is 33.5 Å². The van der Waals surface area contributed by atoms with Crippen molar-refractivity contribution in [3.8, 4) is 34.5 Å². The van der Waals surface area contributed by atoms with Gasteiger partial charge in [0.25, 0.3) is 0 Å². The maximum absolute atomic E-state index is 13.0. The summed E-state index contributed by atoms with van der Waals surface area (Å²) in [7, 11) is 0. The van der Waals surface area contributed by atoms with Crippen LogP contribution < -0.4 is 28.4 Å². The Morgan fingerprint density at radius 2 is 1.05 bits per heavy atom. The summed E-state index contributed by atoms with van der Waals surface area (Å²) in [6.07, 6.45) is 1.35. The highest BCUT2D eigenvalue weighted by atomic mass is 16.7. The molecule has 4 aliphatic heterocycles. The molecular weight excluding hydrogens is 500 g/mol. The largest absolute Gasteiger partial charge is 0.454 e. The van der Waals surface area contributed by atoms with Crippen molar-refractivity contribution in [2.45, 2.75) is 31.5 Å². The van der Waals surface area contributed by atoms with E-state index >= 15 is 0 Å². The molecule has 1 saturated heterocycles. The Morgan fingerprint density at radius 1 is 0.641 bits per heavy atom. The molecule has 3 aromatic carbocycles. The van der Waals surface area contributed by atoms with Gasteiger partial charge in [0, 0.05) is 38.6 Å². The van der Waals surface area contributed by atoms with E-state index in [1.807, 2.05) is 53.4 Å². The highest BCUT2D eigenvalue weighted by Gasteiger charge is 2.37. The van der Waals surface area contributed by atoms with Gasteiger partial charge in [-0.25, -0.2) is 0 Å². The maximum Gasteiger partial charge on any atom is 0.231 e. The van der Waals surface area contributed by atoms with Crippen molar-refractivity contribution in [3.63, 3.8) is 0 Å². The first-order valence-corrected chi connectivity index (χ1v) is 13.1. The van der Waals surface area contributed by atoms with E-state index in [1.165, 1.54) is 0 Å². The van der Waals surface area contributed by atoms with Crippen LogP contribution in [-0.4, -0.2) is 61.3 Å². The van der Waals surface area contributed by atoms with Crippen molar-refractivity contribution in [3.05, 3.63) is 78.2 Å². The molecule has 0 spiro atoms. The average molecular weight is 530 g/mol. The lowest BCUT2D eigenvalue weighted by molar-refractivity contribution is -0.135. The monoisotopic (exact) mass is 529 g/mol. The molecule has 2 atom stereocenters. The van der Waals surface area contributed by atoms with Crippen LogP contribution in [0.25, 0.3) is 0 Å². The van der Waals surface area contributed by atoms with Gasteiger partial charge >= 0.3 is 0 Å². The second-order valence-electron chi connectivity index (χ2n) is 10.3. The summed E-state index contributed by atoms with van der Waals surface area (Å²) in [6, 6.07) is 17.9. The Hall–Kier alpha value is -4.11. The van der Waals surface area contributed by atoms with E-state index in [2.05, 4.69) is 17.9 Å².